The van der Waals surface area contributed by atoms with Crippen molar-refractivity contribution in [3.05, 3.63) is 71.0 Å². The monoisotopic (exact) mass is 454 g/mol. The van der Waals surface area contributed by atoms with Gasteiger partial charge in [0.2, 0.25) is 5.12 Å². The maximum Gasteiger partial charge on any atom is 0.209 e. The summed E-state index contributed by atoms with van der Waals surface area (Å²) in [5.41, 5.74) is 2.40. The van der Waals surface area contributed by atoms with Gasteiger partial charge in [-0.15, -0.1) is 24.4 Å². The lowest BCUT2D eigenvalue weighted by atomic mass is 10.1. The molecule has 0 unspecified atom stereocenters. The second-order valence-corrected chi connectivity index (χ2v) is 9.09. The fourth-order valence-corrected chi connectivity index (χ4v) is 4.11. The van der Waals surface area contributed by atoms with Crippen molar-refractivity contribution in [2.75, 3.05) is 5.75 Å². The first-order chi connectivity index (χ1) is 15.1. The largest absolute Gasteiger partial charge is 0.283 e. The van der Waals surface area contributed by atoms with Gasteiger partial charge in [-0.2, -0.15) is 0 Å². The van der Waals surface area contributed by atoms with E-state index < -0.39 is 0 Å². The molecule has 0 amide bonds. The quantitative estimate of drug-likeness (QED) is 0.115. The Balaban J connectivity index is 1.78. The fraction of sp³-hybridized carbons (Fsp3) is 0.370. The third-order valence-corrected chi connectivity index (χ3v) is 6.15. The van der Waals surface area contributed by atoms with Crippen LogP contribution in [0.25, 0.3) is 6.08 Å². The summed E-state index contributed by atoms with van der Waals surface area (Å²) >= 11 is 5.29. The summed E-state index contributed by atoms with van der Waals surface area (Å²) in [6.45, 7) is 2.24. The number of rotatable bonds is 12. The molecule has 0 radical (unpaired) electrons. The molecule has 31 heavy (non-hydrogen) atoms. The maximum absolute atomic E-state index is 14.4. The second kappa shape index (κ2) is 14.9. The van der Waals surface area contributed by atoms with Crippen molar-refractivity contribution in [2.45, 2.75) is 63.2 Å². The van der Waals surface area contributed by atoms with Gasteiger partial charge in [-0.05, 0) is 54.1 Å². The van der Waals surface area contributed by atoms with E-state index in [9.17, 15) is 9.18 Å². The van der Waals surface area contributed by atoms with E-state index in [4.69, 9.17) is 0 Å². The lowest BCUT2D eigenvalue weighted by molar-refractivity contribution is -0.106. The molecule has 0 atom stereocenters. The van der Waals surface area contributed by atoms with E-state index in [0.29, 0.717) is 10.5 Å². The standard InChI is InChI=1S/C27H31FOS2/c1-2-3-4-5-6-7-8-9-20-31-26-18-16-24(21-25(26)28)15-14-22-10-12-23(13-11-22)17-19-27(29)30/h10-13,16-19,21H,2-9,20H2,1H3,(H,29,30). The molecule has 0 N–H and O–H groups in total. The highest BCUT2D eigenvalue weighted by molar-refractivity contribution is 7.99. The molecule has 0 aromatic heterocycles. The van der Waals surface area contributed by atoms with E-state index in [2.05, 4.69) is 31.4 Å². The molecule has 0 aliphatic rings. The summed E-state index contributed by atoms with van der Waals surface area (Å²) in [6, 6.07) is 12.7. The van der Waals surface area contributed by atoms with Crippen LogP contribution in [0, 0.1) is 17.7 Å². The smallest absolute Gasteiger partial charge is 0.209 e. The average Bonchev–Trinajstić information content (AvgIpc) is 2.77. The molecule has 1 nitrogen and oxygen atoms in total. The predicted molar refractivity (Wildman–Crippen MR) is 135 cm³/mol. The summed E-state index contributed by atoms with van der Waals surface area (Å²) in [5, 5.41) is -0.287. The number of hydrogen-bond acceptors (Lipinski definition) is 2. The van der Waals surface area contributed by atoms with Crippen molar-refractivity contribution in [2.24, 2.45) is 0 Å². The summed E-state index contributed by atoms with van der Waals surface area (Å²) in [7, 11) is 0. The van der Waals surface area contributed by atoms with Gasteiger partial charge < -0.3 is 0 Å². The van der Waals surface area contributed by atoms with Crippen molar-refractivity contribution >= 4 is 35.6 Å². The Hall–Kier alpha value is -1.96. The van der Waals surface area contributed by atoms with Gasteiger partial charge in [0.1, 0.15) is 5.82 Å². The first-order valence-corrected chi connectivity index (χ1v) is 12.5. The van der Waals surface area contributed by atoms with Crippen molar-refractivity contribution in [1.82, 2.24) is 0 Å². The Morgan fingerprint density at radius 2 is 1.55 bits per heavy atom. The minimum Gasteiger partial charge on any atom is -0.283 e. The molecule has 0 aliphatic heterocycles. The number of thiol groups is 1. The van der Waals surface area contributed by atoms with E-state index >= 15 is 0 Å². The van der Waals surface area contributed by atoms with Gasteiger partial charge in [-0.1, -0.05) is 81.9 Å². The number of carbonyl (C=O) groups excluding carboxylic acids is 1. The third-order valence-electron chi connectivity index (χ3n) is 4.87. The van der Waals surface area contributed by atoms with Crippen molar-refractivity contribution < 1.29 is 9.18 Å². The van der Waals surface area contributed by atoms with Gasteiger partial charge in [-0.25, -0.2) is 4.39 Å². The molecular formula is C27H31FOS2. The Kier molecular flexibility index (Phi) is 12.2. The third kappa shape index (κ3) is 10.8. The van der Waals surface area contributed by atoms with Crippen LogP contribution < -0.4 is 0 Å². The normalized spacial score (nSPS) is 10.8. The Morgan fingerprint density at radius 3 is 2.19 bits per heavy atom. The van der Waals surface area contributed by atoms with Gasteiger partial charge >= 0.3 is 0 Å². The van der Waals surface area contributed by atoms with Crippen LogP contribution in [0.15, 0.2) is 53.4 Å². The van der Waals surface area contributed by atoms with Crippen molar-refractivity contribution in [3.8, 4) is 11.8 Å². The fourth-order valence-electron chi connectivity index (χ4n) is 3.10. The second-order valence-electron chi connectivity index (χ2n) is 7.51. The molecule has 164 valence electrons. The van der Waals surface area contributed by atoms with Crippen LogP contribution in [0.2, 0.25) is 0 Å². The highest BCUT2D eigenvalue weighted by atomic mass is 32.2. The van der Waals surface area contributed by atoms with Gasteiger partial charge in [0.25, 0.3) is 0 Å². The van der Waals surface area contributed by atoms with Crippen LogP contribution >= 0.6 is 24.4 Å². The van der Waals surface area contributed by atoms with E-state index in [0.717, 1.165) is 23.3 Å². The summed E-state index contributed by atoms with van der Waals surface area (Å²) < 4.78 is 14.4. The zero-order chi connectivity index (χ0) is 22.3. The SMILES string of the molecule is CCCCCCCCCCSc1ccc(C#Cc2ccc(C=CC(=O)S)cc2)cc1F. The lowest BCUT2D eigenvalue weighted by Gasteiger charge is -2.04. The number of thioether (sulfide) groups is 1. The molecule has 2 aromatic carbocycles. The molecule has 4 heteroatoms. The predicted octanol–water partition coefficient (Wildman–Crippen LogP) is 7.93. The molecule has 0 bridgehead atoms. The lowest BCUT2D eigenvalue weighted by Crippen LogP contribution is -1.87. The first kappa shape index (κ1) is 25.3. The highest BCUT2D eigenvalue weighted by Crippen LogP contribution is 2.24. The van der Waals surface area contributed by atoms with Crippen LogP contribution in [0.4, 0.5) is 4.39 Å². The molecule has 0 spiro atoms. The molecule has 2 aromatic rings. The number of unbranched alkanes of at least 4 members (excludes halogenated alkanes) is 7. The number of halogens is 1. The Bertz CT molecular complexity index is 907. The summed E-state index contributed by atoms with van der Waals surface area (Å²) in [5.74, 6) is 6.83. The van der Waals surface area contributed by atoms with Gasteiger partial charge in [0.15, 0.2) is 0 Å². The first-order valence-electron chi connectivity index (χ1n) is 11.0. The molecule has 0 aliphatic carbocycles. The zero-order valence-electron chi connectivity index (χ0n) is 18.2. The van der Waals surface area contributed by atoms with E-state index in [-0.39, 0.29) is 10.9 Å². The van der Waals surface area contributed by atoms with Crippen molar-refractivity contribution in [1.29, 1.82) is 0 Å². The molecule has 0 saturated carbocycles. The van der Waals surface area contributed by atoms with E-state index in [1.807, 2.05) is 36.4 Å². The maximum atomic E-state index is 14.4. The van der Waals surface area contributed by atoms with E-state index in [1.54, 1.807) is 17.8 Å². The average molecular weight is 455 g/mol. The van der Waals surface area contributed by atoms with Crippen LogP contribution in [0.1, 0.15) is 75.0 Å². The molecule has 0 fully saturated rings. The molecule has 0 heterocycles. The van der Waals surface area contributed by atoms with Gasteiger partial charge in [0, 0.05) is 16.0 Å². The summed E-state index contributed by atoms with van der Waals surface area (Å²) in [6.07, 6.45) is 13.4. The van der Waals surface area contributed by atoms with Crippen LogP contribution in [-0.4, -0.2) is 10.9 Å². The highest BCUT2D eigenvalue weighted by Gasteiger charge is 2.03. The topological polar surface area (TPSA) is 17.1 Å². The molecular weight excluding hydrogens is 423 g/mol. The van der Waals surface area contributed by atoms with Crippen molar-refractivity contribution in [3.63, 3.8) is 0 Å². The van der Waals surface area contributed by atoms with Gasteiger partial charge in [-0.3, -0.25) is 4.79 Å². The molecule has 2 rings (SSSR count). The van der Waals surface area contributed by atoms with Gasteiger partial charge in [0.05, 0.1) is 0 Å². The minimum atomic E-state index is -0.287. The number of hydrogen-bond donors (Lipinski definition) is 1. The van der Waals surface area contributed by atoms with Crippen LogP contribution in [-0.2, 0) is 4.79 Å². The Morgan fingerprint density at radius 1 is 0.935 bits per heavy atom. The van der Waals surface area contributed by atoms with Crippen LogP contribution in [0.5, 0.6) is 0 Å². The molecule has 0 saturated heterocycles. The summed E-state index contributed by atoms with van der Waals surface area (Å²) in [4.78, 5) is 11.6. The minimum absolute atomic E-state index is 0.201. The number of benzene rings is 2. The van der Waals surface area contributed by atoms with E-state index in [1.165, 1.54) is 57.1 Å². The Labute approximate surface area is 196 Å². The number of carbonyl (C=O) groups is 1. The van der Waals surface area contributed by atoms with Crippen LogP contribution in [0.3, 0.4) is 0 Å². The zero-order valence-corrected chi connectivity index (χ0v) is 19.9.